The van der Waals surface area contributed by atoms with E-state index in [-0.39, 0.29) is 19.1 Å². The minimum Gasteiger partial charge on any atom is -0.394 e. The predicted octanol–water partition coefficient (Wildman–Crippen LogP) is -1.42. The lowest BCUT2D eigenvalue weighted by atomic mass is 10.2. The van der Waals surface area contributed by atoms with Gasteiger partial charge in [0.05, 0.1) is 12.7 Å². The van der Waals surface area contributed by atoms with Gasteiger partial charge in [-0.1, -0.05) is 0 Å². The molecule has 0 saturated carbocycles. The van der Waals surface area contributed by atoms with Crippen LogP contribution in [0.3, 0.4) is 0 Å². The Kier molecular flexibility index (Phi) is 7.57. The summed E-state index contributed by atoms with van der Waals surface area (Å²) in [5, 5.41) is 19.8. The van der Waals surface area contributed by atoms with Gasteiger partial charge in [-0.05, 0) is 19.4 Å². The molecule has 0 aromatic heterocycles. The van der Waals surface area contributed by atoms with Gasteiger partial charge in [-0.25, -0.2) is 0 Å². The van der Waals surface area contributed by atoms with Crippen LogP contribution in [0.1, 0.15) is 19.3 Å². The van der Waals surface area contributed by atoms with E-state index in [2.05, 4.69) is 5.32 Å². The molecule has 0 rings (SSSR count). The number of aliphatic hydroxyl groups is 2. The Bertz CT molecular complexity index is 141. The number of carbonyl (C=O) groups excluding carboxylic acids is 1. The monoisotopic (exact) mass is 190 g/mol. The van der Waals surface area contributed by atoms with E-state index in [1.165, 1.54) is 0 Å². The zero-order valence-electron chi connectivity index (χ0n) is 7.70. The van der Waals surface area contributed by atoms with Gasteiger partial charge in [-0.3, -0.25) is 4.79 Å². The third kappa shape index (κ3) is 7.70. The van der Waals surface area contributed by atoms with Crippen LogP contribution >= 0.6 is 0 Å². The fourth-order valence-electron chi connectivity index (χ4n) is 0.814. The first kappa shape index (κ1) is 12.3. The molecule has 1 amide bonds. The molecule has 1 unspecified atom stereocenters. The summed E-state index contributed by atoms with van der Waals surface area (Å²) >= 11 is 0. The summed E-state index contributed by atoms with van der Waals surface area (Å²) in [6.45, 7) is 0.369. The van der Waals surface area contributed by atoms with Gasteiger partial charge in [0.25, 0.3) is 0 Å². The van der Waals surface area contributed by atoms with Gasteiger partial charge in [-0.15, -0.1) is 0 Å². The first-order chi connectivity index (χ1) is 6.20. The maximum absolute atomic E-state index is 11.0. The highest BCUT2D eigenvalue weighted by Gasteiger charge is 2.04. The fraction of sp³-hybridized carbons (Fsp3) is 0.875. The number of hydrogen-bond donors (Lipinski definition) is 4. The Morgan fingerprint density at radius 2 is 2.15 bits per heavy atom. The van der Waals surface area contributed by atoms with Gasteiger partial charge < -0.3 is 21.3 Å². The molecule has 0 aliphatic rings. The Morgan fingerprint density at radius 1 is 1.46 bits per heavy atom. The second kappa shape index (κ2) is 7.97. The van der Waals surface area contributed by atoms with Crippen LogP contribution in [-0.4, -0.2) is 41.9 Å². The Hall–Kier alpha value is -0.650. The number of unbranched alkanes of at least 4 members (excludes halogenated alkanes) is 1. The van der Waals surface area contributed by atoms with Crippen LogP contribution in [0, 0.1) is 0 Å². The van der Waals surface area contributed by atoms with E-state index in [1.807, 2.05) is 0 Å². The molecule has 0 aromatic rings. The molecule has 0 heterocycles. The molecule has 0 aromatic carbocycles. The third-order valence-corrected chi connectivity index (χ3v) is 1.60. The molecule has 5 nitrogen and oxygen atoms in total. The first-order valence-corrected chi connectivity index (χ1v) is 4.46. The quantitative estimate of drug-likeness (QED) is 0.371. The summed E-state index contributed by atoms with van der Waals surface area (Å²) < 4.78 is 0. The standard InChI is InChI=1S/C8H18N2O3/c9-4-2-1-3-8(13)10-5-7(12)6-11/h7,11-12H,1-6,9H2,(H,10,13). The fourth-order valence-corrected chi connectivity index (χ4v) is 0.814. The van der Waals surface area contributed by atoms with Crippen LogP contribution in [0.4, 0.5) is 0 Å². The molecule has 5 N–H and O–H groups in total. The summed E-state index contributed by atoms with van der Waals surface area (Å²) in [6, 6.07) is 0. The molecule has 5 heteroatoms. The van der Waals surface area contributed by atoms with E-state index < -0.39 is 6.10 Å². The normalized spacial score (nSPS) is 12.5. The zero-order valence-corrected chi connectivity index (χ0v) is 7.70. The number of nitrogens with two attached hydrogens (primary N) is 1. The molecular formula is C8H18N2O3. The van der Waals surface area contributed by atoms with Crippen molar-refractivity contribution in [3.05, 3.63) is 0 Å². The summed E-state index contributed by atoms with van der Waals surface area (Å²) in [5.74, 6) is -0.110. The second-order valence-corrected chi connectivity index (χ2v) is 2.89. The van der Waals surface area contributed by atoms with Crippen molar-refractivity contribution in [1.82, 2.24) is 5.32 Å². The van der Waals surface area contributed by atoms with E-state index in [0.29, 0.717) is 13.0 Å². The van der Waals surface area contributed by atoms with E-state index in [9.17, 15) is 4.79 Å². The van der Waals surface area contributed by atoms with Gasteiger partial charge in [0.1, 0.15) is 0 Å². The SMILES string of the molecule is NCCCCC(=O)NCC(O)CO. The van der Waals surface area contributed by atoms with Crippen molar-refractivity contribution in [1.29, 1.82) is 0 Å². The van der Waals surface area contributed by atoms with Crippen molar-refractivity contribution in [2.75, 3.05) is 19.7 Å². The topological polar surface area (TPSA) is 95.6 Å². The highest BCUT2D eigenvalue weighted by molar-refractivity contribution is 5.75. The largest absolute Gasteiger partial charge is 0.394 e. The van der Waals surface area contributed by atoms with E-state index in [0.717, 1.165) is 12.8 Å². The van der Waals surface area contributed by atoms with Gasteiger partial charge in [0, 0.05) is 13.0 Å². The van der Waals surface area contributed by atoms with Crippen LogP contribution in [0.15, 0.2) is 0 Å². The minimum atomic E-state index is -0.863. The van der Waals surface area contributed by atoms with Crippen LogP contribution < -0.4 is 11.1 Å². The van der Waals surface area contributed by atoms with Crippen LogP contribution in [-0.2, 0) is 4.79 Å². The highest BCUT2D eigenvalue weighted by Crippen LogP contribution is 1.92. The van der Waals surface area contributed by atoms with Gasteiger partial charge >= 0.3 is 0 Å². The smallest absolute Gasteiger partial charge is 0.220 e. The highest BCUT2D eigenvalue weighted by atomic mass is 16.3. The molecule has 78 valence electrons. The molecule has 1 atom stereocenters. The Balaban J connectivity index is 3.30. The summed E-state index contributed by atoms with van der Waals surface area (Å²) in [5.41, 5.74) is 5.25. The maximum atomic E-state index is 11.0. The average Bonchev–Trinajstić information content (AvgIpc) is 2.14. The van der Waals surface area contributed by atoms with Crippen LogP contribution in [0.5, 0.6) is 0 Å². The lowest BCUT2D eigenvalue weighted by Crippen LogP contribution is -2.33. The van der Waals surface area contributed by atoms with Crippen molar-refractivity contribution in [3.63, 3.8) is 0 Å². The van der Waals surface area contributed by atoms with E-state index in [4.69, 9.17) is 15.9 Å². The molecule has 0 spiro atoms. The zero-order chi connectivity index (χ0) is 10.1. The van der Waals surface area contributed by atoms with Crippen molar-refractivity contribution >= 4 is 5.91 Å². The number of carbonyl (C=O) groups is 1. The van der Waals surface area contributed by atoms with Gasteiger partial charge in [0.2, 0.25) is 5.91 Å². The first-order valence-electron chi connectivity index (χ1n) is 4.46. The minimum absolute atomic E-state index is 0.109. The number of amides is 1. The number of hydrogen-bond acceptors (Lipinski definition) is 4. The molecule has 0 radical (unpaired) electrons. The van der Waals surface area contributed by atoms with Crippen molar-refractivity contribution < 1.29 is 15.0 Å². The molecule has 0 fully saturated rings. The van der Waals surface area contributed by atoms with Crippen molar-refractivity contribution in [3.8, 4) is 0 Å². The van der Waals surface area contributed by atoms with Crippen molar-refractivity contribution in [2.24, 2.45) is 5.73 Å². The van der Waals surface area contributed by atoms with Crippen LogP contribution in [0.25, 0.3) is 0 Å². The number of rotatable bonds is 7. The maximum Gasteiger partial charge on any atom is 0.220 e. The average molecular weight is 190 g/mol. The Labute approximate surface area is 77.9 Å². The van der Waals surface area contributed by atoms with E-state index >= 15 is 0 Å². The molecule has 0 saturated heterocycles. The summed E-state index contributed by atoms with van der Waals surface area (Å²) in [4.78, 5) is 11.0. The third-order valence-electron chi connectivity index (χ3n) is 1.60. The number of aliphatic hydroxyl groups excluding tert-OH is 2. The van der Waals surface area contributed by atoms with Crippen LogP contribution in [0.2, 0.25) is 0 Å². The molecular weight excluding hydrogens is 172 g/mol. The lowest BCUT2D eigenvalue weighted by molar-refractivity contribution is -0.121. The number of nitrogens with one attached hydrogen (secondary N) is 1. The summed E-state index contributed by atoms with van der Waals surface area (Å²) in [7, 11) is 0. The van der Waals surface area contributed by atoms with Gasteiger partial charge in [-0.2, -0.15) is 0 Å². The molecule has 13 heavy (non-hydrogen) atoms. The van der Waals surface area contributed by atoms with E-state index in [1.54, 1.807) is 0 Å². The Morgan fingerprint density at radius 3 is 2.69 bits per heavy atom. The summed E-state index contributed by atoms with van der Waals surface area (Å²) in [6.07, 6.45) is 1.15. The van der Waals surface area contributed by atoms with Crippen molar-refractivity contribution in [2.45, 2.75) is 25.4 Å². The predicted molar refractivity (Wildman–Crippen MR) is 49.0 cm³/mol. The lowest BCUT2D eigenvalue weighted by Gasteiger charge is -2.08. The molecule has 0 aliphatic heterocycles. The van der Waals surface area contributed by atoms with Gasteiger partial charge in [0.15, 0.2) is 0 Å². The second-order valence-electron chi connectivity index (χ2n) is 2.89. The molecule has 0 bridgehead atoms. The molecule has 0 aliphatic carbocycles.